The summed E-state index contributed by atoms with van der Waals surface area (Å²) in [6, 6.07) is 6.30. The monoisotopic (exact) mass is 422 g/mol. The molecule has 3 heterocycles. The van der Waals surface area contributed by atoms with Crippen LogP contribution in [0.2, 0.25) is 0 Å². The molecule has 1 amide bonds. The van der Waals surface area contributed by atoms with Crippen LogP contribution in [0, 0.1) is 0 Å². The van der Waals surface area contributed by atoms with Gasteiger partial charge in [-0.3, -0.25) is 18.7 Å². The van der Waals surface area contributed by atoms with Crippen LogP contribution in [0.15, 0.2) is 39.8 Å². The van der Waals surface area contributed by atoms with Crippen molar-refractivity contribution in [3.8, 4) is 17.3 Å². The molecule has 1 aromatic carbocycles. The van der Waals surface area contributed by atoms with Gasteiger partial charge in [0.1, 0.15) is 11.4 Å². The third-order valence-corrected chi connectivity index (χ3v) is 5.12. The second kappa shape index (κ2) is 6.79. The molecule has 0 aliphatic heterocycles. The van der Waals surface area contributed by atoms with E-state index >= 15 is 0 Å². The van der Waals surface area contributed by atoms with Gasteiger partial charge in [0.05, 0.1) is 12.2 Å². The maximum absolute atomic E-state index is 12.8. The number of aromatic carboxylic acids is 1. The fourth-order valence-corrected chi connectivity index (χ4v) is 3.74. The van der Waals surface area contributed by atoms with E-state index in [1.807, 2.05) is 12.1 Å². The summed E-state index contributed by atoms with van der Waals surface area (Å²) in [5, 5.41) is 25.5. The summed E-state index contributed by atoms with van der Waals surface area (Å²) in [5.74, 6) is -2.67. The number of aromatic hydroxyl groups is 1. The molecule has 0 spiro atoms. The van der Waals surface area contributed by atoms with E-state index in [2.05, 4.69) is 29.9 Å². The normalized spacial score (nSPS) is 15.2. The van der Waals surface area contributed by atoms with Gasteiger partial charge in [0, 0.05) is 11.6 Å². The van der Waals surface area contributed by atoms with Crippen LogP contribution in [0.25, 0.3) is 17.2 Å². The number of amides is 1. The number of hydrogen-bond acceptors (Lipinski definition) is 8. The lowest BCUT2D eigenvalue weighted by Gasteiger charge is -2.14. The molecule has 31 heavy (non-hydrogen) atoms. The van der Waals surface area contributed by atoms with E-state index in [4.69, 9.17) is 0 Å². The Morgan fingerprint density at radius 1 is 1.26 bits per heavy atom. The Bertz CT molecular complexity index is 1420. The molecule has 4 aromatic rings. The van der Waals surface area contributed by atoms with E-state index in [1.165, 1.54) is 0 Å². The average molecular weight is 422 g/mol. The van der Waals surface area contributed by atoms with Gasteiger partial charge in [0.2, 0.25) is 11.7 Å². The first-order valence-corrected chi connectivity index (χ1v) is 9.21. The van der Waals surface area contributed by atoms with Gasteiger partial charge in [-0.15, -0.1) is 0 Å². The minimum absolute atomic E-state index is 0.0966. The SMILES string of the molecule is O=C(N[C@H]1CCc2cc(-c3noc(=O)[nH]3)ccc21)c1cc(C(=O)O)n2cc(O)nc2n1. The van der Waals surface area contributed by atoms with E-state index < -0.39 is 23.5 Å². The fraction of sp³-hybridized carbons (Fsp3) is 0.158. The van der Waals surface area contributed by atoms with Crippen molar-refractivity contribution in [3.63, 3.8) is 0 Å². The predicted octanol–water partition coefficient (Wildman–Crippen LogP) is 0.894. The summed E-state index contributed by atoms with van der Waals surface area (Å²) in [5.41, 5.74) is 2.20. The zero-order chi connectivity index (χ0) is 21.7. The van der Waals surface area contributed by atoms with Crippen molar-refractivity contribution in [3.05, 3.63) is 63.5 Å². The van der Waals surface area contributed by atoms with Crippen molar-refractivity contribution in [2.75, 3.05) is 0 Å². The fourth-order valence-electron chi connectivity index (χ4n) is 3.74. The molecule has 4 N–H and O–H groups in total. The second-order valence-corrected chi connectivity index (χ2v) is 7.02. The van der Waals surface area contributed by atoms with Crippen LogP contribution in [0.3, 0.4) is 0 Å². The van der Waals surface area contributed by atoms with Gasteiger partial charge in [0.15, 0.2) is 5.82 Å². The first kappa shape index (κ1) is 18.5. The summed E-state index contributed by atoms with van der Waals surface area (Å²) in [6.07, 6.45) is 2.44. The topological polar surface area (TPSA) is 176 Å². The number of nitrogens with one attached hydrogen (secondary N) is 2. The molecule has 12 nitrogen and oxygen atoms in total. The molecule has 1 atom stereocenters. The van der Waals surface area contributed by atoms with Crippen LogP contribution >= 0.6 is 0 Å². The largest absolute Gasteiger partial charge is 0.492 e. The van der Waals surface area contributed by atoms with Gasteiger partial charge in [-0.1, -0.05) is 17.3 Å². The molecule has 1 aliphatic carbocycles. The molecule has 12 heteroatoms. The standard InChI is InChI=1S/C19H14N6O6/c26-14-7-25-13(17(28)29)6-12(21-18(25)22-14)16(27)20-11-4-2-8-5-9(1-3-10(8)11)15-23-19(30)31-24-15/h1,3,5-7,11,26H,2,4H2,(H,20,27)(H,28,29)(H,23,24,30)/t11-/m0/s1. The van der Waals surface area contributed by atoms with E-state index in [-0.39, 0.29) is 23.2 Å². The van der Waals surface area contributed by atoms with Gasteiger partial charge >= 0.3 is 11.7 Å². The number of carboxylic acids is 1. The smallest absolute Gasteiger partial charge is 0.439 e. The van der Waals surface area contributed by atoms with E-state index in [0.29, 0.717) is 24.2 Å². The van der Waals surface area contributed by atoms with Gasteiger partial charge in [-0.25, -0.2) is 14.6 Å². The number of rotatable bonds is 4. The van der Waals surface area contributed by atoms with E-state index in [1.54, 1.807) is 6.07 Å². The summed E-state index contributed by atoms with van der Waals surface area (Å²) < 4.78 is 5.62. The number of H-pyrrole nitrogens is 1. The number of carboxylic acid groups (broad SMARTS) is 1. The van der Waals surface area contributed by atoms with Crippen molar-refractivity contribution >= 4 is 17.7 Å². The summed E-state index contributed by atoms with van der Waals surface area (Å²) in [7, 11) is 0. The molecule has 0 bridgehead atoms. The molecule has 0 radical (unpaired) electrons. The molecule has 5 rings (SSSR count). The molecule has 0 saturated heterocycles. The number of carbonyl (C=O) groups excluding carboxylic acids is 1. The first-order chi connectivity index (χ1) is 14.9. The van der Waals surface area contributed by atoms with Crippen LogP contribution in [0.5, 0.6) is 5.88 Å². The molecule has 0 saturated carbocycles. The lowest BCUT2D eigenvalue weighted by atomic mass is 10.0. The number of aromatic amines is 1. The zero-order valence-electron chi connectivity index (χ0n) is 15.7. The Morgan fingerprint density at radius 3 is 2.84 bits per heavy atom. The van der Waals surface area contributed by atoms with Gasteiger partial charge in [-0.2, -0.15) is 4.98 Å². The number of fused-ring (bicyclic) bond motifs is 2. The third-order valence-electron chi connectivity index (χ3n) is 5.12. The van der Waals surface area contributed by atoms with Crippen LogP contribution < -0.4 is 11.1 Å². The average Bonchev–Trinajstić information content (AvgIpc) is 3.44. The second-order valence-electron chi connectivity index (χ2n) is 7.02. The first-order valence-electron chi connectivity index (χ1n) is 9.21. The summed E-state index contributed by atoms with van der Waals surface area (Å²) in [4.78, 5) is 45.8. The lowest BCUT2D eigenvalue weighted by molar-refractivity contribution is 0.0688. The summed E-state index contributed by atoms with van der Waals surface area (Å²) in [6.45, 7) is 0. The Labute approximate surface area is 172 Å². The maximum Gasteiger partial charge on any atom is 0.439 e. The number of aryl methyl sites for hydroxylation is 1. The molecule has 156 valence electrons. The van der Waals surface area contributed by atoms with Crippen molar-refractivity contribution in [1.29, 1.82) is 0 Å². The molecular weight excluding hydrogens is 408 g/mol. The Hall–Kier alpha value is -4.48. The van der Waals surface area contributed by atoms with Gasteiger partial charge in [-0.05, 0) is 30.0 Å². The van der Waals surface area contributed by atoms with Crippen LogP contribution in [0.4, 0.5) is 0 Å². The molecular formula is C19H14N6O6. The third kappa shape index (κ3) is 3.19. The van der Waals surface area contributed by atoms with Crippen molar-refractivity contribution in [2.45, 2.75) is 18.9 Å². The Morgan fingerprint density at radius 2 is 2.10 bits per heavy atom. The number of hydrogen-bond donors (Lipinski definition) is 4. The maximum atomic E-state index is 12.8. The number of nitrogens with zero attached hydrogens (tertiary/aromatic N) is 4. The molecule has 1 aliphatic rings. The van der Waals surface area contributed by atoms with Crippen molar-refractivity contribution < 1.29 is 24.3 Å². The Kier molecular flexibility index (Phi) is 4.06. The highest BCUT2D eigenvalue weighted by Crippen LogP contribution is 2.33. The highest BCUT2D eigenvalue weighted by molar-refractivity contribution is 5.96. The quantitative estimate of drug-likeness (QED) is 0.372. The van der Waals surface area contributed by atoms with Crippen molar-refractivity contribution in [1.82, 2.24) is 29.8 Å². The van der Waals surface area contributed by atoms with Gasteiger partial charge in [0.25, 0.3) is 5.91 Å². The summed E-state index contributed by atoms with van der Waals surface area (Å²) >= 11 is 0. The molecule has 0 fully saturated rings. The lowest BCUT2D eigenvalue weighted by Crippen LogP contribution is -2.28. The molecule has 0 unspecified atom stereocenters. The molecule has 3 aromatic heterocycles. The van der Waals surface area contributed by atoms with Crippen LogP contribution in [0.1, 0.15) is 44.6 Å². The van der Waals surface area contributed by atoms with Crippen molar-refractivity contribution in [2.24, 2.45) is 0 Å². The highest BCUT2D eigenvalue weighted by atomic mass is 16.5. The van der Waals surface area contributed by atoms with Crippen LogP contribution in [-0.4, -0.2) is 46.6 Å². The number of carbonyl (C=O) groups is 2. The highest BCUT2D eigenvalue weighted by Gasteiger charge is 2.26. The number of aromatic nitrogens is 5. The van der Waals surface area contributed by atoms with Crippen LogP contribution in [-0.2, 0) is 6.42 Å². The van der Waals surface area contributed by atoms with Gasteiger partial charge < -0.3 is 15.5 Å². The minimum atomic E-state index is -1.29. The number of imidazole rings is 1. The predicted molar refractivity (Wildman–Crippen MR) is 103 cm³/mol. The number of benzene rings is 1. The Balaban J connectivity index is 1.42. The van der Waals surface area contributed by atoms with E-state index in [0.717, 1.165) is 27.8 Å². The van der Waals surface area contributed by atoms with E-state index in [9.17, 15) is 24.6 Å². The minimum Gasteiger partial charge on any atom is -0.492 e. The zero-order valence-corrected chi connectivity index (χ0v) is 15.7.